The third-order valence-electron chi connectivity index (χ3n) is 3.29. The molecule has 1 N–H and O–H groups in total. The first-order valence-corrected chi connectivity index (χ1v) is 6.82. The predicted octanol–water partition coefficient (Wildman–Crippen LogP) is 3.81. The fourth-order valence-electron chi connectivity index (χ4n) is 2.24. The molecule has 1 atom stereocenters. The summed E-state index contributed by atoms with van der Waals surface area (Å²) in [5.41, 5.74) is 1.30. The summed E-state index contributed by atoms with van der Waals surface area (Å²) in [6.07, 6.45) is 0. The molecule has 0 spiro atoms. The van der Waals surface area contributed by atoms with Crippen LogP contribution in [0.5, 0.6) is 11.5 Å². The molecule has 0 aromatic heterocycles. The Hall–Kier alpha value is -1.78. The third kappa shape index (κ3) is 3.28. The molecule has 0 aliphatic carbocycles. The minimum Gasteiger partial charge on any atom is -0.497 e. The SMILES string of the molecule is CNC(c1cc(OC)cc(OC)c1)c1cccc(Cl)c1F. The number of methoxy groups -OCH3 is 2. The van der Waals surface area contributed by atoms with Gasteiger partial charge < -0.3 is 14.8 Å². The lowest BCUT2D eigenvalue weighted by atomic mass is 9.98. The molecule has 5 heteroatoms. The maximum atomic E-state index is 14.3. The summed E-state index contributed by atoms with van der Waals surface area (Å²) in [5, 5.41) is 3.20. The van der Waals surface area contributed by atoms with Crippen LogP contribution in [0, 0.1) is 5.82 Å². The molecule has 3 nitrogen and oxygen atoms in total. The van der Waals surface area contributed by atoms with Gasteiger partial charge in [0.25, 0.3) is 0 Å². The Morgan fingerprint density at radius 3 is 2.24 bits per heavy atom. The zero-order chi connectivity index (χ0) is 15.4. The maximum absolute atomic E-state index is 14.3. The molecule has 2 rings (SSSR count). The molecule has 0 aliphatic rings. The summed E-state index contributed by atoms with van der Waals surface area (Å²) in [4.78, 5) is 0. The van der Waals surface area contributed by atoms with Crippen LogP contribution in [-0.4, -0.2) is 21.3 Å². The molecule has 112 valence electrons. The van der Waals surface area contributed by atoms with E-state index in [9.17, 15) is 4.39 Å². The maximum Gasteiger partial charge on any atom is 0.146 e. The highest BCUT2D eigenvalue weighted by atomic mass is 35.5. The van der Waals surface area contributed by atoms with Crippen LogP contribution in [0.2, 0.25) is 5.02 Å². The molecule has 0 saturated carbocycles. The first-order chi connectivity index (χ1) is 10.1. The Morgan fingerprint density at radius 1 is 1.10 bits per heavy atom. The standard InChI is InChI=1S/C16H17ClFNO2/c1-19-16(13-5-4-6-14(17)15(13)18)10-7-11(20-2)9-12(8-10)21-3/h4-9,16,19H,1-3H3. The second kappa shape index (κ2) is 6.78. The molecule has 0 bridgehead atoms. The Morgan fingerprint density at radius 2 is 1.71 bits per heavy atom. The molecular formula is C16H17ClFNO2. The number of benzene rings is 2. The molecule has 1 unspecified atom stereocenters. The largest absolute Gasteiger partial charge is 0.497 e. The number of nitrogens with one attached hydrogen (secondary N) is 1. The molecular weight excluding hydrogens is 293 g/mol. The number of halogens is 2. The molecule has 2 aromatic rings. The van der Waals surface area contributed by atoms with Crippen molar-refractivity contribution in [3.05, 3.63) is 58.4 Å². The van der Waals surface area contributed by atoms with Gasteiger partial charge in [-0.25, -0.2) is 4.39 Å². The van der Waals surface area contributed by atoms with Gasteiger partial charge in [0.15, 0.2) is 0 Å². The van der Waals surface area contributed by atoms with Crippen molar-refractivity contribution in [1.82, 2.24) is 5.32 Å². The zero-order valence-electron chi connectivity index (χ0n) is 12.1. The quantitative estimate of drug-likeness (QED) is 0.911. The number of rotatable bonds is 5. The van der Waals surface area contributed by atoms with Gasteiger partial charge >= 0.3 is 0 Å². The fourth-order valence-corrected chi connectivity index (χ4v) is 2.42. The molecule has 21 heavy (non-hydrogen) atoms. The summed E-state index contributed by atoms with van der Waals surface area (Å²) >= 11 is 5.87. The number of ether oxygens (including phenoxy) is 2. The highest BCUT2D eigenvalue weighted by molar-refractivity contribution is 6.30. The van der Waals surface area contributed by atoms with E-state index < -0.39 is 5.82 Å². The van der Waals surface area contributed by atoms with Crippen LogP contribution in [0.15, 0.2) is 36.4 Å². The molecule has 0 saturated heterocycles. The summed E-state index contributed by atoms with van der Waals surface area (Å²) in [6, 6.07) is 10.0. The smallest absolute Gasteiger partial charge is 0.146 e. The van der Waals surface area contributed by atoms with Gasteiger partial charge in [0, 0.05) is 11.6 Å². The van der Waals surface area contributed by atoms with Crippen LogP contribution in [0.4, 0.5) is 4.39 Å². The monoisotopic (exact) mass is 309 g/mol. The highest BCUT2D eigenvalue weighted by Crippen LogP contribution is 2.32. The van der Waals surface area contributed by atoms with Gasteiger partial charge in [0.05, 0.1) is 25.3 Å². The van der Waals surface area contributed by atoms with Crippen molar-refractivity contribution in [1.29, 1.82) is 0 Å². The van der Waals surface area contributed by atoms with E-state index in [2.05, 4.69) is 5.32 Å². The van der Waals surface area contributed by atoms with Gasteiger partial charge in [-0.2, -0.15) is 0 Å². The van der Waals surface area contributed by atoms with Crippen molar-refractivity contribution in [3.63, 3.8) is 0 Å². The second-order valence-corrected chi connectivity index (χ2v) is 4.92. The van der Waals surface area contributed by atoms with Gasteiger partial charge in [-0.1, -0.05) is 23.7 Å². The summed E-state index contributed by atoms with van der Waals surface area (Å²) in [5.74, 6) is 0.861. The van der Waals surface area contributed by atoms with Crippen LogP contribution in [-0.2, 0) is 0 Å². The van der Waals surface area contributed by atoms with E-state index in [1.54, 1.807) is 39.5 Å². The first kappa shape index (κ1) is 15.6. The van der Waals surface area contributed by atoms with Crippen molar-refractivity contribution in [3.8, 4) is 11.5 Å². The Labute approximate surface area is 128 Å². The van der Waals surface area contributed by atoms with Crippen LogP contribution in [0.25, 0.3) is 0 Å². The third-order valence-corrected chi connectivity index (χ3v) is 3.58. The van der Waals surface area contributed by atoms with Crippen LogP contribution < -0.4 is 14.8 Å². The van der Waals surface area contributed by atoms with Crippen LogP contribution in [0.3, 0.4) is 0 Å². The Kier molecular flexibility index (Phi) is 5.04. The van der Waals surface area contributed by atoms with E-state index in [1.807, 2.05) is 12.1 Å². The van der Waals surface area contributed by atoms with Crippen LogP contribution in [0.1, 0.15) is 17.2 Å². The number of hydrogen-bond acceptors (Lipinski definition) is 3. The fraction of sp³-hybridized carbons (Fsp3) is 0.250. The van der Waals surface area contributed by atoms with Crippen molar-refractivity contribution in [2.24, 2.45) is 0 Å². The molecule has 0 heterocycles. The minimum absolute atomic E-state index is 0.0996. The minimum atomic E-state index is -0.430. The summed E-state index contributed by atoms with van der Waals surface area (Å²) in [7, 11) is 4.91. The van der Waals surface area contributed by atoms with E-state index in [0.29, 0.717) is 17.1 Å². The molecule has 0 radical (unpaired) electrons. The van der Waals surface area contributed by atoms with E-state index in [1.165, 1.54) is 6.07 Å². The Balaban J connectivity index is 2.53. The van der Waals surface area contributed by atoms with Crippen molar-refractivity contribution in [2.75, 3.05) is 21.3 Å². The Bertz CT molecular complexity index is 611. The van der Waals surface area contributed by atoms with Crippen LogP contribution >= 0.6 is 11.6 Å². The summed E-state index contributed by atoms with van der Waals surface area (Å²) < 4.78 is 24.8. The van der Waals surface area contributed by atoms with Gasteiger partial charge in [-0.15, -0.1) is 0 Å². The average molecular weight is 310 g/mol. The molecule has 0 aliphatic heterocycles. The van der Waals surface area contributed by atoms with Crippen molar-refractivity contribution in [2.45, 2.75) is 6.04 Å². The topological polar surface area (TPSA) is 30.5 Å². The average Bonchev–Trinajstić information content (AvgIpc) is 2.51. The van der Waals surface area contributed by atoms with Gasteiger partial charge in [-0.3, -0.25) is 0 Å². The summed E-state index contributed by atoms with van der Waals surface area (Å²) in [6.45, 7) is 0. The van der Waals surface area contributed by atoms with Gasteiger partial charge in [0.2, 0.25) is 0 Å². The normalized spacial score (nSPS) is 12.0. The molecule has 2 aromatic carbocycles. The van der Waals surface area contributed by atoms with E-state index in [4.69, 9.17) is 21.1 Å². The van der Waals surface area contributed by atoms with Gasteiger partial charge in [0.1, 0.15) is 17.3 Å². The lowest BCUT2D eigenvalue weighted by Crippen LogP contribution is -2.19. The van der Waals surface area contributed by atoms with Gasteiger partial charge in [-0.05, 0) is 30.8 Å². The lowest BCUT2D eigenvalue weighted by Gasteiger charge is -2.20. The molecule has 0 fully saturated rings. The van der Waals surface area contributed by atoms with E-state index >= 15 is 0 Å². The lowest BCUT2D eigenvalue weighted by molar-refractivity contribution is 0.392. The second-order valence-electron chi connectivity index (χ2n) is 4.51. The van der Waals surface area contributed by atoms with E-state index in [0.717, 1.165) is 5.56 Å². The first-order valence-electron chi connectivity index (χ1n) is 6.44. The van der Waals surface area contributed by atoms with E-state index in [-0.39, 0.29) is 11.1 Å². The molecule has 0 amide bonds. The highest BCUT2D eigenvalue weighted by Gasteiger charge is 2.19. The van der Waals surface area contributed by atoms with Crippen molar-refractivity contribution >= 4 is 11.6 Å². The number of hydrogen-bond donors (Lipinski definition) is 1. The predicted molar refractivity (Wildman–Crippen MR) is 81.9 cm³/mol. The zero-order valence-corrected chi connectivity index (χ0v) is 12.9. The van der Waals surface area contributed by atoms with Crippen molar-refractivity contribution < 1.29 is 13.9 Å².